The molecule has 0 bridgehead atoms. The fraction of sp³-hybridized carbons (Fsp3) is 0.481. The lowest BCUT2D eigenvalue weighted by atomic mass is 9.92. The maximum atomic E-state index is 12.7. The number of hydrogen-bond acceptors (Lipinski definition) is 6. The van der Waals surface area contributed by atoms with Crippen LogP contribution in [0.15, 0.2) is 46.9 Å². The number of sulfone groups is 1. The molecule has 0 aliphatic carbocycles. The molecular formula is C27H35BrN4O4S. The summed E-state index contributed by atoms with van der Waals surface area (Å²) in [5.74, 6) is 0.303. The molecule has 2 amide bonds. The number of anilines is 2. The van der Waals surface area contributed by atoms with Gasteiger partial charge in [-0.3, -0.25) is 9.59 Å². The molecule has 1 fully saturated rings. The Bertz CT molecular complexity index is 1240. The maximum Gasteiger partial charge on any atom is 0.251 e. The zero-order valence-corrected chi connectivity index (χ0v) is 23.7. The molecule has 0 aromatic heterocycles. The quantitative estimate of drug-likeness (QED) is 0.382. The van der Waals surface area contributed by atoms with Crippen LogP contribution in [0.25, 0.3) is 0 Å². The molecule has 0 saturated carbocycles. The molecule has 37 heavy (non-hydrogen) atoms. The van der Waals surface area contributed by atoms with Crippen LogP contribution in [-0.2, 0) is 20.4 Å². The number of rotatable bonds is 9. The van der Waals surface area contributed by atoms with Gasteiger partial charge in [0, 0.05) is 29.7 Å². The molecule has 3 N–H and O–H groups in total. The number of nitrogens with one attached hydrogen (secondary N) is 3. The molecule has 2 aromatic carbocycles. The first-order chi connectivity index (χ1) is 17.6. The standard InChI is InChI=1S/C27H35BrN4O4S/c1-18-11-19(2)15-32(14-18)10-4-9-29-26(33)21-7-8-23-24(13-21)31-27(34)25(30-23)17-37(35,36)16-20-5-3-6-22(28)12-20/h3,5-8,12-13,18-19,25,30H,4,9-11,14-17H2,1-2H3,(H,29,33)(H,31,34)/t18-,19+,25-/m0/s1. The summed E-state index contributed by atoms with van der Waals surface area (Å²) in [5.41, 5.74) is 2.16. The van der Waals surface area contributed by atoms with Gasteiger partial charge in [-0.2, -0.15) is 0 Å². The first kappa shape index (κ1) is 27.6. The van der Waals surface area contributed by atoms with E-state index in [2.05, 4.69) is 50.6 Å². The highest BCUT2D eigenvalue weighted by molar-refractivity contribution is 9.10. The fourth-order valence-electron chi connectivity index (χ4n) is 5.28. The number of fused-ring (bicyclic) bond motifs is 1. The van der Waals surface area contributed by atoms with Crippen molar-refractivity contribution >= 4 is 49.0 Å². The van der Waals surface area contributed by atoms with Crippen molar-refractivity contribution in [3.05, 3.63) is 58.1 Å². The summed E-state index contributed by atoms with van der Waals surface area (Å²) < 4.78 is 26.3. The van der Waals surface area contributed by atoms with Crippen LogP contribution in [0.1, 0.15) is 42.6 Å². The van der Waals surface area contributed by atoms with Gasteiger partial charge in [-0.15, -0.1) is 0 Å². The Morgan fingerprint density at radius 2 is 1.86 bits per heavy atom. The van der Waals surface area contributed by atoms with E-state index in [0.717, 1.165) is 30.5 Å². The van der Waals surface area contributed by atoms with Gasteiger partial charge < -0.3 is 20.9 Å². The second-order valence-electron chi connectivity index (χ2n) is 10.4. The first-order valence-corrected chi connectivity index (χ1v) is 15.4. The van der Waals surface area contributed by atoms with Gasteiger partial charge in [0.1, 0.15) is 6.04 Å². The van der Waals surface area contributed by atoms with Gasteiger partial charge in [-0.25, -0.2) is 8.42 Å². The summed E-state index contributed by atoms with van der Waals surface area (Å²) in [6, 6.07) is 11.2. The highest BCUT2D eigenvalue weighted by Crippen LogP contribution is 2.29. The number of hydrogen-bond donors (Lipinski definition) is 3. The summed E-state index contributed by atoms with van der Waals surface area (Å²) in [7, 11) is -3.55. The van der Waals surface area contributed by atoms with Crippen molar-refractivity contribution in [1.82, 2.24) is 10.2 Å². The highest BCUT2D eigenvalue weighted by atomic mass is 79.9. The summed E-state index contributed by atoms with van der Waals surface area (Å²) in [6.07, 6.45) is 2.16. The van der Waals surface area contributed by atoms with E-state index in [0.29, 0.717) is 40.9 Å². The lowest BCUT2D eigenvalue weighted by Crippen LogP contribution is -2.43. The maximum absolute atomic E-state index is 12.7. The van der Waals surface area contributed by atoms with Gasteiger partial charge in [-0.05, 0) is 67.1 Å². The molecule has 3 atom stereocenters. The lowest BCUT2D eigenvalue weighted by molar-refractivity contribution is -0.116. The monoisotopic (exact) mass is 590 g/mol. The number of likely N-dealkylation sites (tertiary alicyclic amines) is 1. The molecule has 2 aliphatic rings. The summed E-state index contributed by atoms with van der Waals surface area (Å²) >= 11 is 3.35. The van der Waals surface area contributed by atoms with Crippen molar-refractivity contribution in [2.24, 2.45) is 11.8 Å². The van der Waals surface area contributed by atoms with Crippen LogP contribution in [0.5, 0.6) is 0 Å². The molecule has 2 aliphatic heterocycles. The summed E-state index contributed by atoms with van der Waals surface area (Å²) in [4.78, 5) is 27.8. The molecule has 10 heteroatoms. The SMILES string of the molecule is C[C@@H]1C[C@H](C)CN(CCCNC(=O)c2ccc3c(c2)NC(=O)[C@H](CS(=O)(=O)Cc2cccc(Br)c2)N3)C1. The Labute approximate surface area is 227 Å². The minimum atomic E-state index is -3.55. The largest absolute Gasteiger partial charge is 0.371 e. The molecular weight excluding hydrogens is 556 g/mol. The second-order valence-corrected chi connectivity index (χ2v) is 13.5. The smallest absolute Gasteiger partial charge is 0.251 e. The number of piperidine rings is 1. The van der Waals surface area contributed by atoms with Crippen LogP contribution in [0.2, 0.25) is 0 Å². The van der Waals surface area contributed by atoms with E-state index in [4.69, 9.17) is 0 Å². The minimum Gasteiger partial charge on any atom is -0.371 e. The van der Waals surface area contributed by atoms with E-state index in [1.165, 1.54) is 6.42 Å². The molecule has 2 heterocycles. The van der Waals surface area contributed by atoms with Gasteiger partial charge >= 0.3 is 0 Å². The van der Waals surface area contributed by atoms with Crippen molar-refractivity contribution < 1.29 is 18.0 Å². The van der Waals surface area contributed by atoms with E-state index in [1.807, 2.05) is 6.07 Å². The van der Waals surface area contributed by atoms with E-state index < -0.39 is 21.8 Å². The van der Waals surface area contributed by atoms with Crippen LogP contribution >= 0.6 is 15.9 Å². The lowest BCUT2D eigenvalue weighted by Gasteiger charge is -2.34. The third kappa shape index (κ3) is 7.78. The average Bonchev–Trinajstić information content (AvgIpc) is 2.81. The molecule has 0 unspecified atom stereocenters. The molecule has 1 saturated heterocycles. The summed E-state index contributed by atoms with van der Waals surface area (Å²) in [6.45, 7) is 8.35. The zero-order chi connectivity index (χ0) is 26.6. The number of benzene rings is 2. The minimum absolute atomic E-state index is 0.153. The van der Waals surface area contributed by atoms with Gasteiger partial charge in [0.25, 0.3) is 5.91 Å². The van der Waals surface area contributed by atoms with Crippen LogP contribution in [0.4, 0.5) is 11.4 Å². The van der Waals surface area contributed by atoms with Crippen LogP contribution in [0, 0.1) is 11.8 Å². The Morgan fingerprint density at radius 1 is 1.11 bits per heavy atom. The van der Waals surface area contributed by atoms with E-state index in [-0.39, 0.29) is 17.4 Å². The topological polar surface area (TPSA) is 108 Å². The number of amides is 2. The second kappa shape index (κ2) is 12.0. The van der Waals surface area contributed by atoms with E-state index >= 15 is 0 Å². The highest BCUT2D eigenvalue weighted by Gasteiger charge is 2.30. The zero-order valence-electron chi connectivity index (χ0n) is 21.3. The van der Waals surface area contributed by atoms with Crippen LogP contribution < -0.4 is 16.0 Å². The Morgan fingerprint density at radius 3 is 2.59 bits per heavy atom. The number of halogens is 1. The van der Waals surface area contributed by atoms with Crippen LogP contribution in [-0.4, -0.2) is 63.1 Å². The molecule has 8 nitrogen and oxygen atoms in total. The van der Waals surface area contributed by atoms with Crippen molar-refractivity contribution in [2.45, 2.75) is 38.5 Å². The predicted octanol–water partition coefficient (Wildman–Crippen LogP) is 3.89. The van der Waals surface area contributed by atoms with Crippen LogP contribution in [0.3, 0.4) is 0 Å². The molecule has 0 radical (unpaired) electrons. The third-order valence-electron chi connectivity index (χ3n) is 6.76. The Kier molecular flexibility index (Phi) is 8.92. The van der Waals surface area contributed by atoms with Gasteiger partial charge in [0.2, 0.25) is 5.91 Å². The molecule has 200 valence electrons. The summed E-state index contributed by atoms with van der Waals surface area (Å²) in [5, 5.41) is 8.75. The Hall–Kier alpha value is -2.43. The van der Waals surface area contributed by atoms with E-state index in [9.17, 15) is 18.0 Å². The van der Waals surface area contributed by atoms with Crippen molar-refractivity contribution in [3.63, 3.8) is 0 Å². The van der Waals surface area contributed by atoms with Gasteiger partial charge in [-0.1, -0.05) is 41.9 Å². The predicted molar refractivity (Wildman–Crippen MR) is 150 cm³/mol. The van der Waals surface area contributed by atoms with Crippen molar-refractivity contribution in [2.75, 3.05) is 42.6 Å². The fourth-order valence-corrected chi connectivity index (χ4v) is 7.27. The van der Waals surface area contributed by atoms with Gasteiger partial charge in [0.05, 0.1) is 22.9 Å². The normalized spacial score (nSPS) is 22.0. The van der Waals surface area contributed by atoms with E-state index in [1.54, 1.807) is 36.4 Å². The molecule has 0 spiro atoms. The first-order valence-electron chi connectivity index (χ1n) is 12.7. The third-order valence-corrected chi connectivity index (χ3v) is 8.87. The average molecular weight is 592 g/mol. The van der Waals surface area contributed by atoms with Crippen molar-refractivity contribution in [3.8, 4) is 0 Å². The Balaban J connectivity index is 1.29. The number of carbonyl (C=O) groups excluding carboxylic acids is 2. The molecule has 2 aromatic rings. The number of nitrogens with zero attached hydrogens (tertiary/aromatic N) is 1. The van der Waals surface area contributed by atoms with Crippen molar-refractivity contribution in [1.29, 1.82) is 0 Å². The number of carbonyl (C=O) groups is 2. The molecule has 4 rings (SSSR count). The van der Waals surface area contributed by atoms with Gasteiger partial charge in [0.15, 0.2) is 9.84 Å².